The van der Waals surface area contributed by atoms with Crippen LogP contribution in [0.3, 0.4) is 0 Å². The van der Waals surface area contributed by atoms with Crippen molar-refractivity contribution in [2.45, 2.75) is 19.1 Å². The number of benzene rings is 1. The molecule has 0 fully saturated rings. The smallest absolute Gasteiger partial charge is 0.343 e. The van der Waals surface area contributed by atoms with Crippen molar-refractivity contribution in [1.29, 1.82) is 0 Å². The number of ether oxygens (including phenoxy) is 3. The normalized spacial score (nSPS) is 24.0. The Morgan fingerprint density at radius 3 is 2.55 bits per heavy atom. The van der Waals surface area contributed by atoms with Crippen molar-refractivity contribution < 1.29 is 28.9 Å². The summed E-state index contributed by atoms with van der Waals surface area (Å²) in [6.07, 6.45) is 0.377. The molecule has 0 saturated heterocycles. The van der Waals surface area contributed by atoms with Crippen molar-refractivity contribution in [3.8, 4) is 11.5 Å². The van der Waals surface area contributed by atoms with Gasteiger partial charge >= 0.3 is 11.9 Å². The molecule has 0 aromatic heterocycles. The van der Waals surface area contributed by atoms with Crippen molar-refractivity contribution >= 4 is 11.9 Å². The summed E-state index contributed by atoms with van der Waals surface area (Å²) in [5.74, 6) is -1.04. The van der Waals surface area contributed by atoms with Crippen LogP contribution in [0.2, 0.25) is 0 Å². The fraction of sp³-hybridized carbons (Fsp3) is 0.286. The van der Waals surface area contributed by atoms with E-state index < -0.39 is 18.0 Å². The number of hydrogen-bond donors (Lipinski definition) is 1. The van der Waals surface area contributed by atoms with Crippen LogP contribution in [0.25, 0.3) is 0 Å². The molecule has 1 aromatic carbocycles. The molecule has 2 aliphatic rings. The minimum Gasteiger partial charge on any atom is -0.507 e. The third-order valence-electron chi connectivity index (χ3n) is 3.29. The van der Waals surface area contributed by atoms with Crippen LogP contribution < -0.4 is 4.74 Å². The van der Waals surface area contributed by atoms with Gasteiger partial charge in [-0.05, 0) is 19.1 Å². The molecule has 0 unspecified atom stereocenters. The van der Waals surface area contributed by atoms with E-state index in [9.17, 15) is 14.7 Å². The molecule has 0 spiro atoms. The lowest BCUT2D eigenvalue weighted by atomic mass is 9.98. The lowest BCUT2D eigenvalue weighted by molar-refractivity contribution is -0.139. The van der Waals surface area contributed by atoms with Gasteiger partial charge < -0.3 is 19.3 Å². The number of phenolic OH excluding ortho intramolecular Hbond substituents is 1. The lowest BCUT2D eigenvalue weighted by Gasteiger charge is -2.10. The molecule has 3 rings (SSSR count). The van der Waals surface area contributed by atoms with Crippen LogP contribution in [0.5, 0.6) is 11.5 Å². The number of cyclic esters (lactones) is 2. The van der Waals surface area contributed by atoms with Gasteiger partial charge in [0, 0.05) is 11.6 Å². The van der Waals surface area contributed by atoms with Gasteiger partial charge in [0.1, 0.15) is 23.2 Å². The zero-order valence-corrected chi connectivity index (χ0v) is 10.9. The van der Waals surface area contributed by atoms with E-state index in [0.717, 1.165) is 0 Å². The third-order valence-corrected chi connectivity index (χ3v) is 3.29. The number of phenols is 1. The van der Waals surface area contributed by atoms with Crippen molar-refractivity contribution in [3.63, 3.8) is 0 Å². The van der Waals surface area contributed by atoms with E-state index in [0.29, 0.717) is 11.3 Å². The van der Waals surface area contributed by atoms with E-state index in [4.69, 9.17) is 14.2 Å². The average Bonchev–Trinajstić information content (AvgIpc) is 2.89. The number of fused-ring (bicyclic) bond motifs is 1. The van der Waals surface area contributed by atoms with Crippen LogP contribution in [-0.4, -0.2) is 30.3 Å². The van der Waals surface area contributed by atoms with Gasteiger partial charge in [-0.1, -0.05) is 0 Å². The topological polar surface area (TPSA) is 82.1 Å². The molecule has 20 heavy (non-hydrogen) atoms. The molecule has 1 N–H and O–H groups in total. The molecule has 0 saturated carbocycles. The maximum Gasteiger partial charge on any atom is 0.343 e. The van der Waals surface area contributed by atoms with Gasteiger partial charge in [0.15, 0.2) is 6.10 Å². The Morgan fingerprint density at radius 1 is 1.20 bits per heavy atom. The molecule has 104 valence electrons. The molecule has 2 atom stereocenters. The highest BCUT2D eigenvalue weighted by atomic mass is 16.6. The molecular formula is C14H12O6. The van der Waals surface area contributed by atoms with E-state index in [-0.39, 0.29) is 23.0 Å². The number of carbonyl (C=O) groups excluding carboxylic acids is 2. The molecule has 2 heterocycles. The first-order chi connectivity index (χ1) is 9.51. The number of aromatic hydroxyl groups is 1. The Morgan fingerprint density at radius 2 is 1.95 bits per heavy atom. The lowest BCUT2D eigenvalue weighted by Crippen LogP contribution is -2.10. The van der Waals surface area contributed by atoms with Crippen molar-refractivity contribution in [2.24, 2.45) is 0 Å². The Kier molecular flexibility index (Phi) is 2.67. The van der Waals surface area contributed by atoms with Gasteiger partial charge in [-0.2, -0.15) is 0 Å². The zero-order chi connectivity index (χ0) is 14.4. The standard InChI is InChI=1S/C14H12O6/c1-6-3-9(13(16)19-6)12-8-4-7(18-2)5-10(15)11(8)14(17)20-12/h3-6,12,15H,1-2H3/t6-,12+/m0/s1. The van der Waals surface area contributed by atoms with Crippen LogP contribution in [0, 0.1) is 0 Å². The molecular weight excluding hydrogens is 264 g/mol. The summed E-state index contributed by atoms with van der Waals surface area (Å²) in [6, 6.07) is 2.90. The number of carbonyl (C=O) groups is 2. The minimum absolute atomic E-state index is 0.0593. The fourth-order valence-corrected chi connectivity index (χ4v) is 2.42. The predicted octanol–water partition coefficient (Wildman–Crippen LogP) is 1.48. The quantitative estimate of drug-likeness (QED) is 0.824. The summed E-state index contributed by atoms with van der Waals surface area (Å²) in [5.41, 5.74) is 0.727. The number of esters is 2. The molecule has 6 nitrogen and oxygen atoms in total. The van der Waals surface area contributed by atoms with E-state index in [1.54, 1.807) is 19.1 Å². The first-order valence-electron chi connectivity index (χ1n) is 6.06. The maximum atomic E-state index is 11.8. The summed E-state index contributed by atoms with van der Waals surface area (Å²) in [5, 5.41) is 9.88. The second-order valence-electron chi connectivity index (χ2n) is 4.63. The van der Waals surface area contributed by atoms with E-state index in [1.807, 2.05) is 0 Å². The van der Waals surface area contributed by atoms with Gasteiger partial charge in [-0.3, -0.25) is 0 Å². The summed E-state index contributed by atoms with van der Waals surface area (Å²) < 4.78 is 15.2. The summed E-state index contributed by atoms with van der Waals surface area (Å²) in [6.45, 7) is 1.71. The Bertz CT molecular complexity index is 645. The highest BCUT2D eigenvalue weighted by Gasteiger charge is 2.41. The first-order valence-corrected chi connectivity index (χ1v) is 6.06. The predicted molar refractivity (Wildman–Crippen MR) is 66.5 cm³/mol. The fourth-order valence-electron chi connectivity index (χ4n) is 2.42. The van der Waals surface area contributed by atoms with Gasteiger partial charge in [0.05, 0.1) is 12.7 Å². The highest BCUT2D eigenvalue weighted by Crippen LogP contribution is 2.43. The average molecular weight is 276 g/mol. The number of hydrogen-bond acceptors (Lipinski definition) is 6. The monoisotopic (exact) mass is 276 g/mol. The van der Waals surface area contributed by atoms with Gasteiger partial charge in [0.2, 0.25) is 0 Å². The summed E-state index contributed by atoms with van der Waals surface area (Å²) in [4.78, 5) is 23.6. The maximum absolute atomic E-state index is 11.8. The molecule has 0 bridgehead atoms. The Labute approximate surface area is 114 Å². The molecule has 0 radical (unpaired) electrons. The Hall–Kier alpha value is -2.50. The summed E-state index contributed by atoms with van der Waals surface area (Å²) >= 11 is 0. The summed E-state index contributed by atoms with van der Waals surface area (Å²) in [7, 11) is 1.44. The van der Waals surface area contributed by atoms with Crippen LogP contribution in [-0.2, 0) is 14.3 Å². The molecule has 0 amide bonds. The van der Waals surface area contributed by atoms with Crippen LogP contribution >= 0.6 is 0 Å². The Balaban J connectivity index is 2.12. The molecule has 2 aliphatic heterocycles. The number of methoxy groups -OCH3 is 1. The highest BCUT2D eigenvalue weighted by molar-refractivity contribution is 6.01. The van der Waals surface area contributed by atoms with E-state index in [1.165, 1.54) is 13.2 Å². The van der Waals surface area contributed by atoms with Crippen LogP contribution in [0.15, 0.2) is 23.8 Å². The van der Waals surface area contributed by atoms with Crippen LogP contribution in [0.1, 0.15) is 28.9 Å². The minimum atomic E-state index is -0.865. The second kappa shape index (κ2) is 4.26. The van der Waals surface area contributed by atoms with Gasteiger partial charge in [-0.25, -0.2) is 9.59 Å². The van der Waals surface area contributed by atoms with Crippen LogP contribution in [0.4, 0.5) is 0 Å². The van der Waals surface area contributed by atoms with Gasteiger partial charge in [-0.15, -0.1) is 0 Å². The largest absolute Gasteiger partial charge is 0.507 e. The van der Waals surface area contributed by atoms with Crippen molar-refractivity contribution in [2.75, 3.05) is 7.11 Å². The van der Waals surface area contributed by atoms with Crippen molar-refractivity contribution in [1.82, 2.24) is 0 Å². The van der Waals surface area contributed by atoms with Gasteiger partial charge in [0.25, 0.3) is 0 Å². The molecule has 0 aliphatic carbocycles. The SMILES string of the molecule is COc1cc(O)c2c(c1)[C@H](C1=C[C@H](C)OC1=O)OC2=O. The third kappa shape index (κ3) is 1.72. The molecule has 1 aromatic rings. The van der Waals surface area contributed by atoms with E-state index >= 15 is 0 Å². The first kappa shape index (κ1) is 12.5. The second-order valence-corrected chi connectivity index (χ2v) is 4.63. The zero-order valence-electron chi connectivity index (χ0n) is 10.9. The van der Waals surface area contributed by atoms with E-state index in [2.05, 4.69) is 0 Å². The number of rotatable bonds is 2. The molecule has 6 heteroatoms. The van der Waals surface area contributed by atoms with Crippen molar-refractivity contribution in [3.05, 3.63) is 34.9 Å².